The van der Waals surface area contributed by atoms with E-state index in [1.54, 1.807) is 0 Å². The third-order valence-corrected chi connectivity index (χ3v) is 6.94. The summed E-state index contributed by atoms with van der Waals surface area (Å²) in [5.41, 5.74) is -3.07. The number of alkyl halides is 3. The van der Waals surface area contributed by atoms with Crippen LogP contribution in [0.15, 0.2) is 35.9 Å². The number of nitriles is 3. The molecular formula is C22H18F3N5. The Morgan fingerprint density at radius 2 is 1.80 bits per heavy atom. The first-order valence-corrected chi connectivity index (χ1v) is 9.62. The molecule has 8 heteroatoms. The zero-order valence-electron chi connectivity index (χ0n) is 16.1. The average Bonchev–Trinajstić information content (AvgIpc) is 2.95. The molecule has 0 aromatic heterocycles. The number of rotatable bonds is 1. The van der Waals surface area contributed by atoms with Crippen molar-refractivity contribution in [2.24, 2.45) is 17.3 Å². The number of hydrogen-bond acceptors (Lipinski definition) is 5. The Balaban J connectivity index is 2.05. The molecule has 1 aliphatic carbocycles. The van der Waals surface area contributed by atoms with Gasteiger partial charge in [-0.1, -0.05) is 24.3 Å². The zero-order chi connectivity index (χ0) is 21.8. The normalized spacial score (nSPS) is 32.4. The van der Waals surface area contributed by atoms with Crippen LogP contribution in [-0.2, 0) is 6.18 Å². The number of halogens is 3. The third-order valence-electron chi connectivity index (χ3n) is 6.94. The van der Waals surface area contributed by atoms with E-state index >= 15 is 0 Å². The van der Waals surface area contributed by atoms with Gasteiger partial charge in [0.05, 0.1) is 29.5 Å². The summed E-state index contributed by atoms with van der Waals surface area (Å²) in [4.78, 5) is 2.06. The Morgan fingerprint density at radius 1 is 1.13 bits per heavy atom. The molecular weight excluding hydrogens is 391 g/mol. The van der Waals surface area contributed by atoms with Gasteiger partial charge >= 0.3 is 6.18 Å². The summed E-state index contributed by atoms with van der Waals surface area (Å²) in [5, 5.41) is 38.4. The number of benzene rings is 1. The van der Waals surface area contributed by atoms with Crippen LogP contribution in [0.1, 0.15) is 29.9 Å². The quantitative estimate of drug-likeness (QED) is 0.709. The van der Waals surface area contributed by atoms with Gasteiger partial charge in [0.15, 0.2) is 5.41 Å². The van der Waals surface area contributed by atoms with Gasteiger partial charge in [-0.2, -0.15) is 29.0 Å². The Morgan fingerprint density at radius 3 is 2.40 bits per heavy atom. The molecule has 30 heavy (non-hydrogen) atoms. The largest absolute Gasteiger partial charge is 0.416 e. The van der Waals surface area contributed by atoms with Crippen LogP contribution in [0.25, 0.3) is 0 Å². The molecule has 3 aliphatic rings. The van der Waals surface area contributed by atoms with Crippen molar-refractivity contribution in [2.45, 2.75) is 37.0 Å². The molecule has 0 spiro atoms. The smallest absolute Gasteiger partial charge is 0.305 e. The molecule has 0 amide bonds. The number of nitrogens with one attached hydrogen (secondary N) is 1. The topological polar surface area (TPSA) is 98.5 Å². The lowest BCUT2D eigenvalue weighted by molar-refractivity contribution is -0.138. The summed E-state index contributed by atoms with van der Waals surface area (Å²) in [7, 11) is 1.88. The van der Waals surface area contributed by atoms with E-state index in [1.807, 2.05) is 31.3 Å². The maximum absolute atomic E-state index is 13.9. The predicted molar refractivity (Wildman–Crippen MR) is 101 cm³/mol. The van der Waals surface area contributed by atoms with Crippen molar-refractivity contribution >= 4 is 5.71 Å². The molecule has 5 nitrogen and oxygen atoms in total. The maximum Gasteiger partial charge on any atom is 0.416 e. The number of nitrogens with zero attached hydrogens (tertiary/aromatic N) is 4. The second-order valence-corrected chi connectivity index (χ2v) is 8.14. The van der Waals surface area contributed by atoms with Gasteiger partial charge in [0.1, 0.15) is 5.92 Å². The minimum Gasteiger partial charge on any atom is -0.305 e. The summed E-state index contributed by atoms with van der Waals surface area (Å²) in [6.07, 6.45) is -1.33. The van der Waals surface area contributed by atoms with Crippen LogP contribution >= 0.6 is 0 Å². The van der Waals surface area contributed by atoms with Crippen LogP contribution in [-0.4, -0.2) is 29.7 Å². The van der Waals surface area contributed by atoms with Crippen LogP contribution in [0.4, 0.5) is 13.2 Å². The number of fused-ring (bicyclic) bond motifs is 4. The monoisotopic (exact) mass is 409 g/mol. The molecule has 152 valence electrons. The lowest BCUT2D eigenvalue weighted by atomic mass is 9.52. The molecule has 2 aliphatic heterocycles. The van der Waals surface area contributed by atoms with Crippen LogP contribution in [0, 0.1) is 56.7 Å². The zero-order valence-corrected chi connectivity index (χ0v) is 16.1. The fraction of sp³-hybridized carbons (Fsp3) is 0.455. The fourth-order valence-electron chi connectivity index (χ4n) is 5.60. The number of likely N-dealkylation sites (N-methyl/N-ethyl adjacent to an activating group) is 1. The van der Waals surface area contributed by atoms with E-state index in [9.17, 15) is 29.0 Å². The molecule has 1 aromatic rings. The third kappa shape index (κ3) is 2.52. The summed E-state index contributed by atoms with van der Waals surface area (Å²) in [6.45, 7) is 0. The van der Waals surface area contributed by atoms with Gasteiger partial charge in [0, 0.05) is 23.9 Å². The molecule has 1 saturated heterocycles. The van der Waals surface area contributed by atoms with Gasteiger partial charge in [-0.05, 0) is 37.1 Å². The van der Waals surface area contributed by atoms with Gasteiger partial charge in [0.25, 0.3) is 0 Å². The van der Waals surface area contributed by atoms with Gasteiger partial charge in [-0.25, -0.2) is 0 Å². The van der Waals surface area contributed by atoms with Crippen molar-refractivity contribution in [3.63, 3.8) is 0 Å². The molecule has 2 fully saturated rings. The van der Waals surface area contributed by atoms with Crippen molar-refractivity contribution in [3.05, 3.63) is 47.0 Å². The highest BCUT2D eigenvalue weighted by Crippen LogP contribution is 2.59. The van der Waals surface area contributed by atoms with Gasteiger partial charge in [-0.15, -0.1) is 0 Å². The highest BCUT2D eigenvalue weighted by atomic mass is 19.4. The molecule has 2 heterocycles. The standard InChI is InChI=1S/C22H18F3N5/c1-30-12-6-7-17(30)18-14(8-12)15(9-26)20(29)21(10-27,11-28)19(18)13-4-2-3-5-16(13)22(23,24)25/h2-5,8,12,15,17-19,29H,6-7H2,1H3/t12-,15?,17+,18-,19+/m1/s1. The molecule has 0 radical (unpaired) electrons. The van der Waals surface area contributed by atoms with E-state index in [1.165, 1.54) is 18.2 Å². The summed E-state index contributed by atoms with van der Waals surface area (Å²) in [6, 6.07) is 10.6. The first-order chi connectivity index (χ1) is 14.2. The lowest BCUT2D eigenvalue weighted by Gasteiger charge is -2.50. The summed E-state index contributed by atoms with van der Waals surface area (Å²) < 4.78 is 41.7. The van der Waals surface area contributed by atoms with E-state index in [-0.39, 0.29) is 17.6 Å². The van der Waals surface area contributed by atoms with E-state index < -0.39 is 40.6 Å². The van der Waals surface area contributed by atoms with Crippen molar-refractivity contribution in [1.82, 2.24) is 4.90 Å². The van der Waals surface area contributed by atoms with E-state index in [0.29, 0.717) is 12.0 Å². The van der Waals surface area contributed by atoms with Crippen LogP contribution in [0.5, 0.6) is 0 Å². The second kappa shape index (κ2) is 6.69. The Kier molecular flexibility index (Phi) is 4.49. The minimum atomic E-state index is -4.68. The van der Waals surface area contributed by atoms with Crippen molar-refractivity contribution in [2.75, 3.05) is 7.05 Å². The van der Waals surface area contributed by atoms with Crippen molar-refractivity contribution < 1.29 is 13.2 Å². The molecule has 1 aromatic carbocycles. The van der Waals surface area contributed by atoms with E-state index in [2.05, 4.69) is 4.90 Å². The fourth-order valence-corrected chi connectivity index (χ4v) is 5.60. The molecule has 1 saturated carbocycles. The molecule has 1 unspecified atom stereocenters. The summed E-state index contributed by atoms with van der Waals surface area (Å²) in [5.74, 6) is -2.91. The van der Waals surface area contributed by atoms with Crippen LogP contribution in [0.3, 0.4) is 0 Å². The molecule has 1 N–H and O–H groups in total. The van der Waals surface area contributed by atoms with Gasteiger partial charge < -0.3 is 5.41 Å². The Bertz CT molecular complexity index is 1050. The van der Waals surface area contributed by atoms with E-state index in [4.69, 9.17) is 5.41 Å². The SMILES string of the molecule is CN1[C@H]2C=C3C(C#N)C(=N)C(C#N)(C#N)[C@@H](c4ccccc4C(F)(F)F)[C@H]3[C@@H]1CC2. The molecule has 2 bridgehead atoms. The highest BCUT2D eigenvalue weighted by molar-refractivity contribution is 6.01. The van der Waals surface area contributed by atoms with Gasteiger partial charge in [-0.3, -0.25) is 4.90 Å². The van der Waals surface area contributed by atoms with Gasteiger partial charge in [0.2, 0.25) is 0 Å². The average molecular weight is 409 g/mol. The lowest BCUT2D eigenvalue weighted by Crippen LogP contribution is -2.55. The van der Waals surface area contributed by atoms with Crippen LogP contribution in [0.2, 0.25) is 0 Å². The number of hydrogen-bond donors (Lipinski definition) is 1. The van der Waals surface area contributed by atoms with Crippen molar-refractivity contribution in [3.8, 4) is 18.2 Å². The summed E-state index contributed by atoms with van der Waals surface area (Å²) >= 11 is 0. The molecule has 4 rings (SSSR count). The second-order valence-electron chi connectivity index (χ2n) is 8.14. The Hall–Kier alpha value is -3.15. The Labute approximate surface area is 172 Å². The van der Waals surface area contributed by atoms with Crippen LogP contribution < -0.4 is 0 Å². The van der Waals surface area contributed by atoms with E-state index in [0.717, 1.165) is 12.5 Å². The maximum atomic E-state index is 13.9. The minimum absolute atomic E-state index is 0.0417. The predicted octanol–water partition coefficient (Wildman–Crippen LogP) is 4.01. The van der Waals surface area contributed by atoms with Crippen molar-refractivity contribution in [1.29, 1.82) is 21.2 Å². The first-order valence-electron chi connectivity index (χ1n) is 9.62. The highest BCUT2D eigenvalue weighted by Gasteiger charge is 2.62. The molecule has 5 atom stereocenters. The first kappa shape index (κ1) is 20.1.